The number of hydrogen-bond donors (Lipinski definition) is 2. The van der Waals surface area contributed by atoms with Crippen molar-refractivity contribution in [2.45, 2.75) is 26.2 Å². The van der Waals surface area contributed by atoms with Gasteiger partial charge in [0, 0.05) is 12.6 Å². The van der Waals surface area contributed by atoms with Crippen LogP contribution in [0.2, 0.25) is 0 Å². The first kappa shape index (κ1) is 13.3. The Hall–Kier alpha value is -2.11. The van der Waals surface area contributed by atoms with E-state index in [2.05, 4.69) is 12.2 Å². The fourth-order valence-electron chi connectivity index (χ4n) is 2.24. The lowest BCUT2D eigenvalue weighted by Gasteiger charge is -2.38. The molecule has 102 valence electrons. The lowest BCUT2D eigenvalue weighted by molar-refractivity contribution is -0.384. The van der Waals surface area contributed by atoms with Crippen LogP contribution in [-0.2, 0) is 0 Å². The second kappa shape index (κ2) is 4.87. The summed E-state index contributed by atoms with van der Waals surface area (Å²) >= 11 is 0. The molecular weight excluding hydrogens is 248 g/mol. The van der Waals surface area contributed by atoms with Crippen molar-refractivity contribution in [2.75, 3.05) is 11.9 Å². The number of carboxylic acid groups (broad SMARTS) is 1. The van der Waals surface area contributed by atoms with Crippen LogP contribution in [0.25, 0.3) is 0 Å². The van der Waals surface area contributed by atoms with Crippen LogP contribution in [0, 0.1) is 15.5 Å². The van der Waals surface area contributed by atoms with Gasteiger partial charge in [-0.3, -0.25) is 10.1 Å². The number of aromatic carboxylic acids is 1. The number of nitrogens with one attached hydrogen (secondary N) is 1. The minimum Gasteiger partial charge on any atom is -0.478 e. The summed E-state index contributed by atoms with van der Waals surface area (Å²) in [7, 11) is 0. The molecule has 6 nitrogen and oxygen atoms in total. The Morgan fingerprint density at radius 1 is 1.53 bits per heavy atom. The smallest absolute Gasteiger partial charge is 0.335 e. The van der Waals surface area contributed by atoms with Crippen molar-refractivity contribution in [3.05, 3.63) is 33.9 Å². The van der Waals surface area contributed by atoms with Crippen molar-refractivity contribution >= 4 is 17.3 Å². The highest BCUT2D eigenvalue weighted by Gasteiger charge is 2.32. The standard InChI is InChI=1S/C13H16N2O4/c1-13(5-2-6-13)8-14-10-7-9(12(16)17)3-4-11(10)15(18)19/h3-4,7,14H,2,5-6,8H2,1H3,(H,16,17). The Bertz CT molecular complexity index is 523. The van der Waals surface area contributed by atoms with Crippen molar-refractivity contribution in [1.29, 1.82) is 0 Å². The highest BCUT2D eigenvalue weighted by Crippen LogP contribution is 2.40. The Morgan fingerprint density at radius 3 is 2.68 bits per heavy atom. The van der Waals surface area contributed by atoms with Crippen LogP contribution in [0.3, 0.4) is 0 Å². The second-order valence-electron chi connectivity index (χ2n) is 5.31. The minimum absolute atomic E-state index is 0.0480. The third-order valence-corrected chi connectivity index (χ3v) is 3.71. The van der Waals surface area contributed by atoms with Gasteiger partial charge in [0.15, 0.2) is 0 Å². The van der Waals surface area contributed by atoms with Gasteiger partial charge in [-0.25, -0.2) is 4.79 Å². The molecule has 0 radical (unpaired) electrons. The van der Waals surface area contributed by atoms with E-state index in [0.717, 1.165) is 12.8 Å². The van der Waals surface area contributed by atoms with E-state index >= 15 is 0 Å². The van der Waals surface area contributed by atoms with Crippen LogP contribution in [0.1, 0.15) is 36.5 Å². The lowest BCUT2D eigenvalue weighted by Crippen LogP contribution is -2.33. The number of nitro benzene ring substituents is 1. The van der Waals surface area contributed by atoms with Crippen LogP contribution < -0.4 is 5.32 Å². The van der Waals surface area contributed by atoms with E-state index in [-0.39, 0.29) is 22.4 Å². The summed E-state index contributed by atoms with van der Waals surface area (Å²) in [6, 6.07) is 3.80. The summed E-state index contributed by atoms with van der Waals surface area (Å²) in [5, 5.41) is 22.9. The fourth-order valence-corrected chi connectivity index (χ4v) is 2.24. The number of carbonyl (C=O) groups is 1. The van der Waals surface area contributed by atoms with Gasteiger partial charge >= 0.3 is 5.97 Å². The van der Waals surface area contributed by atoms with Gasteiger partial charge in [-0.05, 0) is 30.4 Å². The third-order valence-electron chi connectivity index (χ3n) is 3.71. The zero-order valence-electron chi connectivity index (χ0n) is 10.7. The number of nitrogens with zero attached hydrogens (tertiary/aromatic N) is 1. The molecule has 0 saturated heterocycles. The number of carboxylic acids is 1. The summed E-state index contributed by atoms with van der Waals surface area (Å²) in [4.78, 5) is 21.3. The Balaban J connectivity index is 2.22. The average molecular weight is 264 g/mol. The number of benzene rings is 1. The molecule has 0 atom stereocenters. The van der Waals surface area contributed by atoms with Crippen molar-refractivity contribution in [1.82, 2.24) is 0 Å². The van der Waals surface area contributed by atoms with Gasteiger partial charge < -0.3 is 10.4 Å². The van der Waals surface area contributed by atoms with Gasteiger partial charge in [0.25, 0.3) is 5.69 Å². The second-order valence-corrected chi connectivity index (χ2v) is 5.31. The quantitative estimate of drug-likeness (QED) is 0.630. The maximum absolute atomic E-state index is 10.9. The molecule has 0 heterocycles. The molecule has 1 aliphatic carbocycles. The maximum atomic E-state index is 10.9. The molecule has 0 aliphatic heterocycles. The van der Waals surface area contributed by atoms with E-state index in [1.165, 1.54) is 24.6 Å². The number of hydrogen-bond acceptors (Lipinski definition) is 4. The third kappa shape index (κ3) is 2.83. The van der Waals surface area contributed by atoms with E-state index in [4.69, 9.17) is 5.11 Å². The molecule has 19 heavy (non-hydrogen) atoms. The van der Waals surface area contributed by atoms with Crippen LogP contribution in [0.4, 0.5) is 11.4 Å². The molecule has 2 rings (SSSR count). The molecule has 1 aliphatic rings. The van der Waals surface area contributed by atoms with Gasteiger partial charge in [-0.15, -0.1) is 0 Å². The average Bonchev–Trinajstić information content (AvgIpc) is 2.33. The molecular formula is C13H16N2O4. The van der Waals surface area contributed by atoms with Crippen molar-refractivity contribution in [3.63, 3.8) is 0 Å². The van der Waals surface area contributed by atoms with Gasteiger partial charge in [-0.1, -0.05) is 13.3 Å². The first-order chi connectivity index (χ1) is 8.91. The van der Waals surface area contributed by atoms with Crippen molar-refractivity contribution < 1.29 is 14.8 Å². The summed E-state index contributed by atoms with van der Waals surface area (Å²) in [6.07, 6.45) is 3.36. The van der Waals surface area contributed by atoms with E-state index in [1.807, 2.05) is 0 Å². The largest absolute Gasteiger partial charge is 0.478 e. The number of rotatable bonds is 5. The molecule has 0 bridgehead atoms. The van der Waals surface area contributed by atoms with Crippen LogP contribution in [0.5, 0.6) is 0 Å². The molecule has 0 aromatic heterocycles. The predicted octanol–water partition coefficient (Wildman–Crippen LogP) is 2.90. The first-order valence-corrected chi connectivity index (χ1v) is 6.17. The normalized spacial score (nSPS) is 16.5. The molecule has 6 heteroatoms. The minimum atomic E-state index is -1.09. The zero-order chi connectivity index (χ0) is 14.0. The monoisotopic (exact) mass is 264 g/mol. The molecule has 1 fully saturated rings. The summed E-state index contributed by atoms with van der Waals surface area (Å²) in [6.45, 7) is 2.74. The van der Waals surface area contributed by atoms with Crippen LogP contribution in [-0.4, -0.2) is 22.5 Å². The van der Waals surface area contributed by atoms with Crippen molar-refractivity contribution in [3.8, 4) is 0 Å². The lowest BCUT2D eigenvalue weighted by atomic mass is 9.70. The first-order valence-electron chi connectivity index (χ1n) is 6.17. The predicted molar refractivity (Wildman–Crippen MR) is 70.5 cm³/mol. The van der Waals surface area contributed by atoms with Gasteiger partial charge in [0.05, 0.1) is 10.5 Å². The molecule has 1 aromatic rings. The SMILES string of the molecule is CC1(CNc2cc(C(=O)O)ccc2[N+](=O)[O-])CCC1. The van der Waals surface area contributed by atoms with Gasteiger partial charge in [0.1, 0.15) is 5.69 Å². The van der Waals surface area contributed by atoms with Crippen molar-refractivity contribution in [2.24, 2.45) is 5.41 Å². The maximum Gasteiger partial charge on any atom is 0.335 e. The highest BCUT2D eigenvalue weighted by atomic mass is 16.6. The van der Waals surface area contributed by atoms with Crippen LogP contribution >= 0.6 is 0 Å². The van der Waals surface area contributed by atoms with E-state index in [9.17, 15) is 14.9 Å². The summed E-state index contributed by atoms with van der Waals surface area (Å²) < 4.78 is 0. The fraction of sp³-hybridized carbons (Fsp3) is 0.462. The summed E-state index contributed by atoms with van der Waals surface area (Å²) in [5.41, 5.74) is 0.394. The molecule has 1 aromatic carbocycles. The van der Waals surface area contributed by atoms with Gasteiger partial charge in [0.2, 0.25) is 0 Å². The van der Waals surface area contributed by atoms with Crippen LogP contribution in [0.15, 0.2) is 18.2 Å². The van der Waals surface area contributed by atoms with E-state index in [0.29, 0.717) is 6.54 Å². The molecule has 0 spiro atoms. The highest BCUT2D eigenvalue weighted by molar-refractivity contribution is 5.90. The Labute approximate surface area is 110 Å². The molecule has 0 unspecified atom stereocenters. The zero-order valence-corrected chi connectivity index (χ0v) is 10.7. The Morgan fingerprint density at radius 2 is 2.21 bits per heavy atom. The van der Waals surface area contributed by atoms with E-state index in [1.54, 1.807) is 0 Å². The number of anilines is 1. The topological polar surface area (TPSA) is 92.5 Å². The van der Waals surface area contributed by atoms with E-state index < -0.39 is 10.9 Å². The Kier molecular flexibility index (Phi) is 3.42. The summed E-state index contributed by atoms with van der Waals surface area (Å²) in [5.74, 6) is -1.09. The molecule has 1 saturated carbocycles. The molecule has 0 amide bonds. The van der Waals surface area contributed by atoms with Gasteiger partial charge in [-0.2, -0.15) is 0 Å². The molecule has 2 N–H and O–H groups in total. The number of nitro groups is 1.